The zero-order valence-electron chi connectivity index (χ0n) is 18.1. The summed E-state index contributed by atoms with van der Waals surface area (Å²) in [7, 11) is 0. The average Bonchev–Trinajstić information content (AvgIpc) is 3.19. The zero-order chi connectivity index (χ0) is 22.4. The average molecular weight is 441 g/mol. The topological polar surface area (TPSA) is 53.0 Å². The van der Waals surface area contributed by atoms with Crippen LogP contribution in [-0.4, -0.2) is 52.8 Å². The summed E-state index contributed by atoms with van der Waals surface area (Å²) in [5, 5.41) is 9.80. The van der Waals surface area contributed by atoms with E-state index in [0.717, 1.165) is 57.3 Å². The maximum absolute atomic E-state index is 13.7. The van der Waals surface area contributed by atoms with Crippen molar-refractivity contribution in [1.29, 1.82) is 0 Å². The van der Waals surface area contributed by atoms with Crippen molar-refractivity contribution in [3.8, 4) is 5.75 Å². The Morgan fingerprint density at radius 1 is 1.23 bits per heavy atom. The molecular formula is C23H31F3N2O3. The Hall–Kier alpha value is -1.80. The van der Waals surface area contributed by atoms with Gasteiger partial charge in [0.2, 0.25) is 5.91 Å². The molecule has 1 saturated heterocycles. The molecule has 0 spiro atoms. The molecule has 1 unspecified atom stereocenters. The van der Waals surface area contributed by atoms with Crippen LogP contribution in [0.15, 0.2) is 18.2 Å². The van der Waals surface area contributed by atoms with Crippen molar-refractivity contribution < 1.29 is 27.8 Å². The largest absolute Gasteiger partial charge is 0.473 e. The molecule has 8 heteroatoms. The van der Waals surface area contributed by atoms with Gasteiger partial charge >= 0.3 is 6.18 Å². The van der Waals surface area contributed by atoms with E-state index in [4.69, 9.17) is 4.74 Å². The standard InChI is InChI=1S/C23H31F3N2O3/c1-15(2)22(8-5-18(12-22)27-9-6-19(29)7-10-27)21(30)28-13-16-11-17(23(24,25)26)3-4-20(16)31-14-28/h3-4,11,15,18-19,29H,5-10,12-14H2,1-2H3/t18-,22?/m1/s1. The minimum atomic E-state index is -4.43. The van der Waals surface area contributed by atoms with Crippen LogP contribution in [0.5, 0.6) is 5.75 Å². The number of piperidine rings is 1. The lowest BCUT2D eigenvalue weighted by Gasteiger charge is -2.40. The zero-order valence-corrected chi connectivity index (χ0v) is 18.1. The Balaban J connectivity index is 1.51. The van der Waals surface area contributed by atoms with Crippen molar-refractivity contribution in [3.63, 3.8) is 0 Å². The molecule has 3 aliphatic rings. The van der Waals surface area contributed by atoms with E-state index in [0.29, 0.717) is 17.4 Å². The second-order valence-corrected chi connectivity index (χ2v) is 9.57. The molecule has 2 fully saturated rings. The minimum Gasteiger partial charge on any atom is -0.473 e. The second kappa shape index (κ2) is 8.28. The van der Waals surface area contributed by atoms with Gasteiger partial charge in [0.05, 0.1) is 23.6 Å². The number of ether oxygens (including phenoxy) is 1. The van der Waals surface area contributed by atoms with E-state index in [-0.39, 0.29) is 31.2 Å². The smallest absolute Gasteiger partial charge is 0.416 e. The van der Waals surface area contributed by atoms with Crippen molar-refractivity contribution in [2.24, 2.45) is 11.3 Å². The number of hydrogen-bond donors (Lipinski definition) is 1. The van der Waals surface area contributed by atoms with Gasteiger partial charge in [0.15, 0.2) is 6.73 Å². The number of carbonyl (C=O) groups excluding carboxylic acids is 1. The number of aliphatic hydroxyl groups is 1. The molecule has 1 amide bonds. The van der Waals surface area contributed by atoms with E-state index in [1.807, 2.05) is 0 Å². The fraction of sp³-hybridized carbons (Fsp3) is 0.696. The number of fused-ring (bicyclic) bond motifs is 1. The van der Waals surface area contributed by atoms with Crippen LogP contribution in [0.25, 0.3) is 0 Å². The van der Waals surface area contributed by atoms with Crippen molar-refractivity contribution in [1.82, 2.24) is 9.80 Å². The predicted molar refractivity (Wildman–Crippen MR) is 109 cm³/mol. The van der Waals surface area contributed by atoms with Crippen LogP contribution < -0.4 is 4.74 Å². The summed E-state index contributed by atoms with van der Waals surface area (Å²) in [6.45, 7) is 5.99. The summed E-state index contributed by atoms with van der Waals surface area (Å²) in [5.74, 6) is 0.500. The first-order valence-corrected chi connectivity index (χ1v) is 11.1. The molecule has 4 rings (SSSR count). The number of likely N-dealkylation sites (tertiary alicyclic amines) is 1. The molecule has 1 aliphatic carbocycles. The number of nitrogens with zero attached hydrogens (tertiary/aromatic N) is 2. The van der Waals surface area contributed by atoms with E-state index < -0.39 is 17.2 Å². The Morgan fingerprint density at radius 3 is 2.58 bits per heavy atom. The first-order chi connectivity index (χ1) is 14.6. The fourth-order valence-electron chi connectivity index (χ4n) is 5.44. The van der Waals surface area contributed by atoms with Gasteiger partial charge in [-0.25, -0.2) is 0 Å². The quantitative estimate of drug-likeness (QED) is 0.771. The van der Waals surface area contributed by atoms with Crippen LogP contribution in [0.4, 0.5) is 13.2 Å². The molecule has 1 aromatic carbocycles. The predicted octanol–water partition coefficient (Wildman–Crippen LogP) is 4.04. The number of halogens is 3. The normalized spacial score (nSPS) is 28.0. The van der Waals surface area contributed by atoms with Gasteiger partial charge in [-0.3, -0.25) is 4.79 Å². The SMILES string of the molecule is CC(C)C1(C(=O)N2COc3ccc(C(F)(F)F)cc3C2)CC[C@@H](N2CCC(O)CC2)C1. The molecule has 172 valence electrons. The highest BCUT2D eigenvalue weighted by molar-refractivity contribution is 5.83. The Bertz CT molecular complexity index is 821. The van der Waals surface area contributed by atoms with Crippen molar-refractivity contribution in [2.75, 3.05) is 19.8 Å². The summed E-state index contributed by atoms with van der Waals surface area (Å²) in [6, 6.07) is 3.75. The molecular weight excluding hydrogens is 409 g/mol. The Labute approximate surface area is 181 Å². The molecule has 1 N–H and O–H groups in total. The third-order valence-electron chi connectivity index (χ3n) is 7.48. The number of amides is 1. The Kier molecular flexibility index (Phi) is 5.98. The highest BCUT2D eigenvalue weighted by Crippen LogP contribution is 2.48. The van der Waals surface area contributed by atoms with Gasteiger partial charge in [-0.15, -0.1) is 0 Å². The maximum Gasteiger partial charge on any atom is 0.416 e. The summed E-state index contributed by atoms with van der Waals surface area (Å²) in [6.07, 6.45) is -0.717. The fourth-order valence-corrected chi connectivity index (χ4v) is 5.44. The first-order valence-electron chi connectivity index (χ1n) is 11.1. The van der Waals surface area contributed by atoms with Gasteiger partial charge in [-0.05, 0) is 56.2 Å². The molecule has 1 aromatic rings. The monoisotopic (exact) mass is 440 g/mol. The number of carbonyl (C=O) groups is 1. The molecule has 0 aromatic heterocycles. The van der Waals surface area contributed by atoms with Crippen LogP contribution >= 0.6 is 0 Å². The van der Waals surface area contributed by atoms with Crippen LogP contribution in [0.2, 0.25) is 0 Å². The number of benzene rings is 1. The highest BCUT2D eigenvalue weighted by atomic mass is 19.4. The van der Waals surface area contributed by atoms with Gasteiger partial charge in [0.25, 0.3) is 0 Å². The summed E-state index contributed by atoms with van der Waals surface area (Å²) in [5.41, 5.74) is -0.868. The number of alkyl halides is 3. The number of rotatable bonds is 3. The van der Waals surface area contributed by atoms with E-state index >= 15 is 0 Å². The van der Waals surface area contributed by atoms with Crippen LogP contribution in [0, 0.1) is 11.3 Å². The van der Waals surface area contributed by atoms with Crippen LogP contribution in [0.1, 0.15) is 57.1 Å². The summed E-state index contributed by atoms with van der Waals surface area (Å²) >= 11 is 0. The minimum absolute atomic E-state index is 0.0231. The second-order valence-electron chi connectivity index (χ2n) is 9.57. The number of aliphatic hydroxyl groups excluding tert-OH is 1. The molecule has 0 radical (unpaired) electrons. The van der Waals surface area contributed by atoms with Crippen molar-refractivity contribution >= 4 is 5.91 Å². The van der Waals surface area contributed by atoms with Gasteiger partial charge in [0, 0.05) is 24.7 Å². The lowest BCUT2D eigenvalue weighted by Crippen LogP contribution is -2.49. The lowest BCUT2D eigenvalue weighted by atomic mass is 9.74. The molecule has 2 atom stereocenters. The molecule has 2 aliphatic heterocycles. The first kappa shape index (κ1) is 22.4. The van der Waals surface area contributed by atoms with Gasteiger partial charge < -0.3 is 19.6 Å². The molecule has 1 saturated carbocycles. The number of hydrogen-bond acceptors (Lipinski definition) is 4. The van der Waals surface area contributed by atoms with E-state index in [2.05, 4.69) is 18.7 Å². The summed E-state index contributed by atoms with van der Waals surface area (Å²) in [4.78, 5) is 17.7. The molecule has 31 heavy (non-hydrogen) atoms. The maximum atomic E-state index is 13.7. The van der Waals surface area contributed by atoms with Gasteiger partial charge in [-0.1, -0.05) is 13.8 Å². The van der Waals surface area contributed by atoms with Crippen molar-refractivity contribution in [2.45, 2.75) is 70.8 Å². The Morgan fingerprint density at radius 2 is 1.94 bits per heavy atom. The van der Waals surface area contributed by atoms with Crippen LogP contribution in [-0.2, 0) is 17.5 Å². The highest BCUT2D eigenvalue weighted by Gasteiger charge is 2.51. The van der Waals surface area contributed by atoms with Gasteiger partial charge in [0.1, 0.15) is 5.75 Å². The third kappa shape index (κ3) is 4.29. The molecule has 5 nitrogen and oxygen atoms in total. The van der Waals surface area contributed by atoms with Crippen LogP contribution in [0.3, 0.4) is 0 Å². The molecule has 0 bridgehead atoms. The summed E-state index contributed by atoms with van der Waals surface area (Å²) < 4.78 is 45.0. The van der Waals surface area contributed by atoms with Gasteiger partial charge in [-0.2, -0.15) is 13.2 Å². The van der Waals surface area contributed by atoms with E-state index in [9.17, 15) is 23.1 Å². The van der Waals surface area contributed by atoms with Crippen molar-refractivity contribution in [3.05, 3.63) is 29.3 Å². The lowest BCUT2D eigenvalue weighted by molar-refractivity contribution is -0.150. The van der Waals surface area contributed by atoms with E-state index in [1.165, 1.54) is 6.07 Å². The molecule has 2 heterocycles. The third-order valence-corrected chi connectivity index (χ3v) is 7.48. The van der Waals surface area contributed by atoms with E-state index in [1.54, 1.807) is 4.90 Å².